The molecule has 0 atom stereocenters. The number of halogens is 3. The van der Waals surface area contributed by atoms with Crippen LogP contribution in [0.1, 0.15) is 0 Å². The first kappa shape index (κ1) is 20.2. The molecule has 0 radical (unpaired) electrons. The largest absolute Gasteiger partial charge is 0.379 e. The van der Waals surface area contributed by atoms with Crippen molar-refractivity contribution in [1.29, 1.82) is 0 Å². The average Bonchev–Trinajstić information content (AvgIpc) is 3.35. The minimum Gasteiger partial charge on any atom is -0.379 e. The topological polar surface area (TPSA) is 85.2 Å². The number of nitrogens with one attached hydrogen (secondary N) is 1. The van der Waals surface area contributed by atoms with Gasteiger partial charge < -0.3 is 10.1 Å². The van der Waals surface area contributed by atoms with Crippen LogP contribution in [0.5, 0.6) is 0 Å². The van der Waals surface area contributed by atoms with Gasteiger partial charge in [-0.25, -0.2) is 19.0 Å². The molecule has 0 unspecified atom stereocenters. The molecule has 3 aromatic rings. The number of carbonyl (C=O) groups excluding carboxylic acids is 1. The summed E-state index contributed by atoms with van der Waals surface area (Å²) < 4.78 is 20.8. The number of benzene rings is 1. The highest BCUT2D eigenvalue weighted by molar-refractivity contribution is 7.18. The number of thiazole rings is 1. The minimum atomic E-state index is -0.624. The Bertz CT molecular complexity index is 1020. The number of nitrogens with zero attached hydrogens (tertiary/aromatic N) is 5. The Labute approximate surface area is 179 Å². The van der Waals surface area contributed by atoms with E-state index in [2.05, 4.69) is 20.4 Å². The van der Waals surface area contributed by atoms with Crippen LogP contribution in [-0.4, -0.2) is 63.4 Å². The first-order valence-electron chi connectivity index (χ1n) is 8.62. The zero-order chi connectivity index (χ0) is 20.4. The van der Waals surface area contributed by atoms with E-state index < -0.39 is 5.82 Å². The van der Waals surface area contributed by atoms with Crippen LogP contribution in [0.25, 0.3) is 16.3 Å². The summed E-state index contributed by atoms with van der Waals surface area (Å²) in [5.74, 6) is -0.827. The molecule has 1 aromatic carbocycles. The standard InChI is InChI=1S/C17H15Cl2FN6O2S/c18-11-6-12(19)13(20)5-10(11)15-16(26-9-21-8-22-26)29-17(24-15)23-14(27)7-25-1-3-28-4-2-25/h5-6,8-9H,1-4,7H2,(H,23,24,27). The molecule has 0 saturated carbocycles. The lowest BCUT2D eigenvalue weighted by Crippen LogP contribution is -2.41. The van der Waals surface area contributed by atoms with Gasteiger partial charge in [-0.05, 0) is 12.1 Å². The number of hydrogen-bond acceptors (Lipinski definition) is 7. The highest BCUT2D eigenvalue weighted by atomic mass is 35.5. The van der Waals surface area contributed by atoms with Crippen LogP contribution >= 0.6 is 34.5 Å². The Morgan fingerprint density at radius 2 is 2.07 bits per heavy atom. The van der Waals surface area contributed by atoms with Gasteiger partial charge in [-0.2, -0.15) is 5.10 Å². The number of hydrogen-bond donors (Lipinski definition) is 1. The molecule has 0 spiro atoms. The number of anilines is 1. The number of ether oxygens (including phenoxy) is 1. The van der Waals surface area contributed by atoms with Gasteiger partial charge in [0.05, 0.1) is 29.8 Å². The van der Waals surface area contributed by atoms with E-state index in [1.165, 1.54) is 40.8 Å². The molecule has 1 amide bonds. The van der Waals surface area contributed by atoms with E-state index in [0.717, 1.165) is 0 Å². The smallest absolute Gasteiger partial charge is 0.240 e. The SMILES string of the molecule is O=C(CN1CCOCC1)Nc1nc(-c2cc(F)c(Cl)cc2Cl)c(-n2cncn2)s1. The van der Waals surface area contributed by atoms with E-state index in [-0.39, 0.29) is 22.5 Å². The van der Waals surface area contributed by atoms with Crippen molar-refractivity contribution in [3.8, 4) is 16.3 Å². The molecule has 3 heterocycles. The third-order valence-corrected chi connectivity index (χ3v) is 5.78. The summed E-state index contributed by atoms with van der Waals surface area (Å²) in [5, 5.41) is 7.92. The lowest BCUT2D eigenvalue weighted by molar-refractivity contribution is -0.118. The monoisotopic (exact) mass is 456 g/mol. The highest BCUT2D eigenvalue weighted by Gasteiger charge is 2.21. The maximum atomic E-state index is 14.1. The summed E-state index contributed by atoms with van der Waals surface area (Å²) in [6.45, 7) is 2.82. The first-order valence-corrected chi connectivity index (χ1v) is 10.2. The van der Waals surface area contributed by atoms with Crippen LogP contribution < -0.4 is 5.32 Å². The third kappa shape index (κ3) is 4.57. The lowest BCUT2D eigenvalue weighted by atomic mass is 10.1. The molecule has 12 heteroatoms. The van der Waals surface area contributed by atoms with Gasteiger partial charge >= 0.3 is 0 Å². The van der Waals surface area contributed by atoms with Gasteiger partial charge in [0.15, 0.2) is 5.13 Å². The molecule has 1 N–H and O–H groups in total. The average molecular weight is 457 g/mol. The van der Waals surface area contributed by atoms with Crippen molar-refractivity contribution >= 4 is 45.6 Å². The van der Waals surface area contributed by atoms with Gasteiger partial charge in [0.2, 0.25) is 5.91 Å². The summed E-state index contributed by atoms with van der Waals surface area (Å²) in [6.07, 6.45) is 2.85. The van der Waals surface area contributed by atoms with Gasteiger partial charge in [-0.3, -0.25) is 9.69 Å². The second-order valence-corrected chi connectivity index (χ2v) is 7.99. The fourth-order valence-electron chi connectivity index (χ4n) is 2.83. The van der Waals surface area contributed by atoms with Crippen molar-refractivity contribution in [2.24, 2.45) is 0 Å². The Balaban J connectivity index is 1.64. The molecule has 1 saturated heterocycles. The summed E-state index contributed by atoms with van der Waals surface area (Å²) in [4.78, 5) is 22.8. The van der Waals surface area contributed by atoms with Gasteiger partial charge in [0, 0.05) is 18.7 Å². The van der Waals surface area contributed by atoms with Gasteiger partial charge in [-0.1, -0.05) is 34.5 Å². The molecule has 4 rings (SSSR count). The van der Waals surface area contributed by atoms with E-state index in [1.807, 2.05) is 4.90 Å². The molecule has 0 aliphatic carbocycles. The molecule has 1 aliphatic heterocycles. The van der Waals surface area contributed by atoms with Crippen LogP contribution in [0.2, 0.25) is 10.0 Å². The molecule has 1 fully saturated rings. The van der Waals surface area contributed by atoms with E-state index in [1.54, 1.807) is 0 Å². The fraction of sp³-hybridized carbons (Fsp3) is 0.294. The van der Waals surface area contributed by atoms with Crippen LogP contribution in [0.4, 0.5) is 9.52 Å². The molecule has 1 aliphatic rings. The second kappa shape index (κ2) is 8.72. The number of amides is 1. The zero-order valence-corrected chi connectivity index (χ0v) is 17.3. The molecule has 2 aromatic heterocycles. The van der Waals surface area contributed by atoms with Crippen molar-refractivity contribution in [2.75, 3.05) is 38.2 Å². The zero-order valence-electron chi connectivity index (χ0n) is 14.9. The summed E-state index contributed by atoms with van der Waals surface area (Å²) in [5.41, 5.74) is 0.701. The van der Waals surface area contributed by atoms with Gasteiger partial charge in [0.25, 0.3) is 0 Å². The molecule has 152 valence electrons. The van der Waals surface area contributed by atoms with Crippen LogP contribution in [-0.2, 0) is 9.53 Å². The maximum absolute atomic E-state index is 14.1. The van der Waals surface area contributed by atoms with Crippen molar-refractivity contribution in [3.63, 3.8) is 0 Å². The summed E-state index contributed by atoms with van der Waals surface area (Å²) in [7, 11) is 0. The molecular formula is C17H15Cl2FN6O2S. The first-order chi connectivity index (χ1) is 14.0. The molecule has 8 nitrogen and oxygen atoms in total. The van der Waals surface area contributed by atoms with Crippen molar-refractivity contribution in [2.45, 2.75) is 0 Å². The van der Waals surface area contributed by atoms with Crippen LogP contribution in [0.3, 0.4) is 0 Å². The molecule has 0 bridgehead atoms. The van der Waals surface area contributed by atoms with Gasteiger partial charge in [-0.15, -0.1) is 0 Å². The number of carbonyl (C=O) groups is 1. The fourth-order valence-corrected chi connectivity index (χ4v) is 4.23. The summed E-state index contributed by atoms with van der Waals surface area (Å²) >= 11 is 13.3. The van der Waals surface area contributed by atoms with Crippen LogP contribution in [0, 0.1) is 5.82 Å². The predicted molar refractivity (Wildman–Crippen MR) is 108 cm³/mol. The minimum absolute atomic E-state index is 0.0877. The van der Waals surface area contributed by atoms with Gasteiger partial charge in [0.1, 0.15) is 29.2 Å². The predicted octanol–water partition coefficient (Wildman–Crippen LogP) is 3.11. The van der Waals surface area contributed by atoms with Crippen molar-refractivity contribution < 1.29 is 13.9 Å². The Morgan fingerprint density at radius 3 is 2.79 bits per heavy atom. The van der Waals surface area contributed by atoms with E-state index in [0.29, 0.717) is 47.7 Å². The number of morpholine rings is 1. The van der Waals surface area contributed by atoms with Crippen molar-refractivity contribution in [1.82, 2.24) is 24.6 Å². The molecular weight excluding hydrogens is 442 g/mol. The molecule has 29 heavy (non-hydrogen) atoms. The summed E-state index contributed by atoms with van der Waals surface area (Å²) in [6, 6.07) is 2.52. The normalized spacial score (nSPS) is 14.9. The lowest BCUT2D eigenvalue weighted by Gasteiger charge is -2.25. The number of aromatic nitrogens is 4. The highest BCUT2D eigenvalue weighted by Crippen LogP contribution is 2.39. The third-order valence-electron chi connectivity index (χ3n) is 4.22. The van der Waals surface area contributed by atoms with Crippen molar-refractivity contribution in [3.05, 3.63) is 40.6 Å². The van der Waals surface area contributed by atoms with E-state index in [9.17, 15) is 9.18 Å². The maximum Gasteiger partial charge on any atom is 0.240 e. The second-order valence-electron chi connectivity index (χ2n) is 6.20. The quantitative estimate of drug-likeness (QED) is 0.593. The Morgan fingerprint density at radius 1 is 1.28 bits per heavy atom. The van der Waals surface area contributed by atoms with E-state index >= 15 is 0 Å². The van der Waals surface area contributed by atoms with Crippen LogP contribution in [0.15, 0.2) is 24.8 Å². The number of rotatable bonds is 5. The van der Waals surface area contributed by atoms with E-state index in [4.69, 9.17) is 27.9 Å². The Hall–Kier alpha value is -2.11. The Kier molecular flexibility index (Phi) is 6.07.